The van der Waals surface area contributed by atoms with E-state index in [1.54, 1.807) is 0 Å². The molecule has 0 amide bonds. The Balaban J connectivity index is 4.36. The monoisotopic (exact) mass is 797 g/mol. The van der Waals surface area contributed by atoms with Crippen LogP contribution < -0.4 is 0 Å². The first-order valence-corrected chi connectivity index (χ1v) is 22.2. The van der Waals surface area contributed by atoms with E-state index in [0.29, 0.717) is 19.3 Å². The average Bonchev–Trinajstić information content (AvgIpc) is 3.17. The van der Waals surface area contributed by atoms with Crippen molar-refractivity contribution >= 4 is 17.9 Å². The van der Waals surface area contributed by atoms with Crippen LogP contribution in [0.5, 0.6) is 0 Å². The summed E-state index contributed by atoms with van der Waals surface area (Å²) in [6, 6.07) is -0.624. The van der Waals surface area contributed by atoms with Gasteiger partial charge in [-0.05, 0) is 70.6 Å². The van der Waals surface area contributed by atoms with Gasteiger partial charge in [-0.3, -0.25) is 9.59 Å². The Morgan fingerprint density at radius 2 is 1.02 bits per heavy atom. The van der Waals surface area contributed by atoms with Gasteiger partial charge in [0.2, 0.25) is 0 Å². The van der Waals surface area contributed by atoms with Crippen LogP contribution in [0.1, 0.15) is 155 Å². The number of hydrogen-bond acceptors (Lipinski definition) is 6. The van der Waals surface area contributed by atoms with E-state index in [9.17, 15) is 19.5 Å². The molecule has 2 unspecified atom stereocenters. The number of nitrogens with zero attached hydrogens (tertiary/aromatic N) is 1. The van der Waals surface area contributed by atoms with Crippen LogP contribution in [0.15, 0.2) is 85.1 Å². The van der Waals surface area contributed by atoms with Crippen molar-refractivity contribution in [3.8, 4) is 0 Å². The van der Waals surface area contributed by atoms with Crippen LogP contribution in [0.2, 0.25) is 0 Å². The summed E-state index contributed by atoms with van der Waals surface area (Å²) in [5.41, 5.74) is 0. The van der Waals surface area contributed by atoms with Gasteiger partial charge in [-0.2, -0.15) is 0 Å². The maximum Gasteiger partial charge on any atom is 0.362 e. The lowest BCUT2D eigenvalue weighted by molar-refractivity contribution is -0.887. The molecular weight excluding hydrogens is 715 g/mol. The average molecular weight is 797 g/mol. The summed E-state index contributed by atoms with van der Waals surface area (Å²) in [4.78, 5) is 37.0. The molecule has 0 aromatic carbocycles. The zero-order chi connectivity index (χ0) is 42.1. The molecule has 0 saturated carbocycles. The Kier molecular flexibility index (Phi) is 36.9. The standard InChI is InChI=1S/C49H81NO7/c1-6-8-10-12-14-16-18-20-21-22-23-24-25-26-28-29-31-33-35-37-39-47(51)56-44-45(43-55-42-41-46(49(53)54)50(3,4)5)57-48(52)40-38-36-34-32-30-27-19-17-15-13-11-9-7-2/h8-11,13-17,19-21,23-24,45-46H,6-7,12,18,22,25-44H2,1-5H3/p+1/b10-8+,11-9+,15-13+,16-14+,19-17+,21-20+,24-23+. The van der Waals surface area contributed by atoms with Crippen molar-refractivity contribution in [3.63, 3.8) is 0 Å². The maximum absolute atomic E-state index is 12.7. The van der Waals surface area contributed by atoms with Crippen LogP contribution in [0, 0.1) is 0 Å². The molecule has 0 heterocycles. The van der Waals surface area contributed by atoms with Gasteiger partial charge in [-0.1, -0.05) is 150 Å². The van der Waals surface area contributed by atoms with E-state index in [-0.39, 0.29) is 36.2 Å². The van der Waals surface area contributed by atoms with E-state index in [2.05, 4.69) is 86.8 Å². The van der Waals surface area contributed by atoms with E-state index in [0.717, 1.165) is 96.3 Å². The molecule has 0 fully saturated rings. The molecule has 0 saturated heterocycles. The van der Waals surface area contributed by atoms with Gasteiger partial charge in [0.15, 0.2) is 12.1 Å². The van der Waals surface area contributed by atoms with E-state index in [1.807, 2.05) is 33.3 Å². The van der Waals surface area contributed by atoms with Gasteiger partial charge < -0.3 is 23.8 Å². The zero-order valence-electron chi connectivity index (χ0n) is 36.8. The first-order valence-electron chi connectivity index (χ1n) is 22.2. The van der Waals surface area contributed by atoms with E-state index in [4.69, 9.17) is 14.2 Å². The molecule has 0 aromatic heterocycles. The minimum atomic E-state index is -0.884. The number of carbonyl (C=O) groups is 3. The molecule has 0 aliphatic rings. The lowest BCUT2D eigenvalue weighted by atomic mass is 10.1. The van der Waals surface area contributed by atoms with Crippen LogP contribution >= 0.6 is 0 Å². The van der Waals surface area contributed by atoms with Crippen molar-refractivity contribution in [2.45, 2.75) is 167 Å². The fourth-order valence-electron chi connectivity index (χ4n) is 5.96. The van der Waals surface area contributed by atoms with E-state index in [1.165, 1.54) is 25.7 Å². The Hall–Kier alpha value is -3.49. The molecule has 8 nitrogen and oxygen atoms in total. The summed E-state index contributed by atoms with van der Waals surface area (Å²) < 4.78 is 17.2. The first-order chi connectivity index (χ1) is 27.6. The molecule has 57 heavy (non-hydrogen) atoms. The third-order valence-corrected chi connectivity index (χ3v) is 9.35. The lowest BCUT2D eigenvalue weighted by Crippen LogP contribution is -2.50. The molecule has 0 aliphatic heterocycles. The SMILES string of the molecule is CC/C=C/C=C/C=C/CCCCCCCC(=O)OC(COCCC(C(=O)O)[N+](C)(C)C)COC(=O)CCCCCCCCC/C=C/C/C=C/C/C=C/C/C=C/CC. The van der Waals surface area contributed by atoms with E-state index >= 15 is 0 Å². The van der Waals surface area contributed by atoms with Crippen LogP contribution in [0.25, 0.3) is 0 Å². The van der Waals surface area contributed by atoms with Crippen molar-refractivity contribution in [1.82, 2.24) is 0 Å². The summed E-state index contributed by atoms with van der Waals surface area (Å²) in [7, 11) is 5.50. The highest BCUT2D eigenvalue weighted by atomic mass is 16.6. The second kappa shape index (κ2) is 39.3. The molecule has 0 aromatic rings. The number of aliphatic carboxylic acids is 1. The molecule has 8 heteroatoms. The highest BCUT2D eigenvalue weighted by Crippen LogP contribution is 2.13. The number of unbranched alkanes of at least 4 members (excludes halogenated alkanes) is 12. The molecule has 0 spiro atoms. The van der Waals surface area contributed by atoms with Crippen LogP contribution in [0.4, 0.5) is 0 Å². The van der Waals surface area contributed by atoms with E-state index < -0.39 is 18.1 Å². The van der Waals surface area contributed by atoms with Gasteiger partial charge in [0.05, 0.1) is 34.4 Å². The van der Waals surface area contributed by atoms with Crippen LogP contribution in [-0.4, -0.2) is 80.6 Å². The fraction of sp³-hybridized carbons (Fsp3) is 0.653. The molecule has 0 radical (unpaired) electrons. The largest absolute Gasteiger partial charge is 0.477 e. The van der Waals surface area contributed by atoms with Gasteiger partial charge in [0.25, 0.3) is 0 Å². The van der Waals surface area contributed by atoms with Gasteiger partial charge in [0, 0.05) is 19.3 Å². The van der Waals surface area contributed by atoms with Crippen molar-refractivity contribution in [1.29, 1.82) is 0 Å². The van der Waals surface area contributed by atoms with Crippen molar-refractivity contribution in [2.75, 3.05) is 41.0 Å². The molecule has 0 bridgehead atoms. The maximum atomic E-state index is 12.7. The van der Waals surface area contributed by atoms with Crippen molar-refractivity contribution < 1.29 is 38.2 Å². The second-order valence-electron chi connectivity index (χ2n) is 15.6. The lowest BCUT2D eigenvalue weighted by Gasteiger charge is -2.31. The van der Waals surface area contributed by atoms with Crippen molar-refractivity contribution in [3.05, 3.63) is 85.1 Å². The van der Waals surface area contributed by atoms with Gasteiger partial charge >= 0.3 is 17.9 Å². The number of allylic oxidation sites excluding steroid dienone is 14. The van der Waals surface area contributed by atoms with Gasteiger partial charge in [0.1, 0.15) is 6.61 Å². The molecule has 0 rings (SSSR count). The predicted molar refractivity (Wildman–Crippen MR) is 238 cm³/mol. The molecular formula is C49H82NO7+. The number of carboxylic acid groups (broad SMARTS) is 1. The number of hydrogen-bond donors (Lipinski definition) is 1. The number of quaternary nitrogens is 1. The minimum Gasteiger partial charge on any atom is -0.477 e. The summed E-state index contributed by atoms with van der Waals surface area (Å²) in [5, 5.41) is 9.62. The topological polar surface area (TPSA) is 99.1 Å². The highest BCUT2D eigenvalue weighted by molar-refractivity contribution is 5.72. The first kappa shape index (κ1) is 53.5. The third kappa shape index (κ3) is 37.8. The number of carbonyl (C=O) groups excluding carboxylic acids is 2. The third-order valence-electron chi connectivity index (χ3n) is 9.35. The Morgan fingerprint density at radius 1 is 0.544 bits per heavy atom. The number of likely N-dealkylation sites (N-methyl/N-ethyl adjacent to an activating group) is 1. The summed E-state index contributed by atoms with van der Waals surface area (Å²) in [6.07, 6.45) is 50.5. The minimum absolute atomic E-state index is 0.0440. The fourth-order valence-corrected chi connectivity index (χ4v) is 5.96. The molecule has 1 N–H and O–H groups in total. The quantitative estimate of drug-likeness (QED) is 0.0218. The summed E-state index contributed by atoms with van der Waals surface area (Å²) >= 11 is 0. The number of rotatable bonds is 38. The Morgan fingerprint density at radius 3 is 1.56 bits per heavy atom. The summed E-state index contributed by atoms with van der Waals surface area (Å²) in [6.45, 7) is 4.44. The Bertz CT molecular complexity index is 1200. The number of carboxylic acids is 1. The number of esters is 2. The second-order valence-corrected chi connectivity index (χ2v) is 15.6. The van der Waals surface area contributed by atoms with Crippen LogP contribution in [-0.2, 0) is 28.6 Å². The van der Waals surface area contributed by atoms with Gasteiger partial charge in [-0.15, -0.1) is 0 Å². The smallest absolute Gasteiger partial charge is 0.362 e. The molecule has 0 aliphatic carbocycles. The van der Waals surface area contributed by atoms with Gasteiger partial charge in [-0.25, -0.2) is 4.79 Å². The normalized spacial score (nSPS) is 13.8. The number of ether oxygens (including phenoxy) is 3. The zero-order valence-corrected chi connectivity index (χ0v) is 36.8. The Labute approximate surface area is 348 Å². The molecule has 324 valence electrons. The van der Waals surface area contributed by atoms with Crippen LogP contribution in [0.3, 0.4) is 0 Å². The van der Waals surface area contributed by atoms with Crippen molar-refractivity contribution in [2.24, 2.45) is 0 Å². The molecule has 2 atom stereocenters. The highest BCUT2D eigenvalue weighted by Gasteiger charge is 2.31. The predicted octanol–water partition coefficient (Wildman–Crippen LogP) is 12.1. The summed E-state index contributed by atoms with van der Waals surface area (Å²) in [5.74, 6) is -1.52.